The molecule has 19 heavy (non-hydrogen) atoms. The predicted octanol–water partition coefficient (Wildman–Crippen LogP) is 2.75. The number of rotatable bonds is 0. The lowest BCUT2D eigenvalue weighted by molar-refractivity contribution is -0.648. The fourth-order valence-electron chi connectivity index (χ4n) is 2.66. The second-order valence-corrected chi connectivity index (χ2v) is 5.58. The molecule has 4 aromatic heterocycles. The van der Waals surface area contributed by atoms with Gasteiger partial charge in [0.2, 0.25) is 0 Å². The van der Waals surface area contributed by atoms with Crippen molar-refractivity contribution in [2.45, 2.75) is 6.54 Å². The van der Waals surface area contributed by atoms with E-state index in [0.29, 0.717) is 0 Å². The molecular weight excluding hydrogens is 258 g/mol. The molecule has 0 aromatic carbocycles. The summed E-state index contributed by atoms with van der Waals surface area (Å²) in [7, 11) is 0. The molecule has 5 rings (SSSR count). The van der Waals surface area contributed by atoms with E-state index in [2.05, 4.69) is 20.6 Å². The van der Waals surface area contributed by atoms with E-state index in [1.54, 1.807) is 11.3 Å². The summed E-state index contributed by atoms with van der Waals surface area (Å²) < 4.78 is 9.27. The van der Waals surface area contributed by atoms with Gasteiger partial charge in [0.05, 0.1) is 5.56 Å². The van der Waals surface area contributed by atoms with Crippen molar-refractivity contribution in [3.8, 4) is 10.6 Å². The van der Waals surface area contributed by atoms with Crippen molar-refractivity contribution in [1.82, 2.24) is 9.97 Å². The van der Waals surface area contributed by atoms with Gasteiger partial charge < -0.3 is 4.42 Å². The van der Waals surface area contributed by atoms with Crippen LogP contribution in [0.15, 0.2) is 41.1 Å². The van der Waals surface area contributed by atoms with E-state index in [0.717, 1.165) is 33.8 Å². The average molecular weight is 266 g/mol. The summed E-state index contributed by atoms with van der Waals surface area (Å²) in [6, 6.07) is 7.96. The molecule has 90 valence electrons. The Kier molecular flexibility index (Phi) is 1.62. The van der Waals surface area contributed by atoms with Crippen molar-refractivity contribution < 1.29 is 8.98 Å². The first-order valence-corrected chi connectivity index (χ1v) is 6.87. The minimum atomic E-state index is 0.783. The summed E-state index contributed by atoms with van der Waals surface area (Å²) in [4.78, 5) is 8.86. The van der Waals surface area contributed by atoms with Crippen molar-refractivity contribution in [3.05, 3.63) is 42.4 Å². The molecule has 0 fully saturated rings. The Bertz CT molecular complexity index is 954. The summed E-state index contributed by atoms with van der Waals surface area (Å²) >= 11 is 1.73. The van der Waals surface area contributed by atoms with Crippen LogP contribution in [0.4, 0.5) is 0 Å². The monoisotopic (exact) mass is 266 g/mol. The Morgan fingerprint density at radius 1 is 1.16 bits per heavy atom. The minimum Gasteiger partial charge on any atom is -0.402 e. The van der Waals surface area contributed by atoms with Crippen molar-refractivity contribution in [1.29, 1.82) is 0 Å². The van der Waals surface area contributed by atoms with Crippen LogP contribution < -0.4 is 4.57 Å². The fraction of sp³-hybridized carbons (Fsp3) is 0.0714. The van der Waals surface area contributed by atoms with E-state index in [-0.39, 0.29) is 0 Å². The van der Waals surface area contributed by atoms with Gasteiger partial charge in [0, 0.05) is 12.4 Å². The molecule has 0 N–H and O–H groups in total. The molecule has 0 saturated carbocycles. The van der Waals surface area contributed by atoms with Crippen LogP contribution in [0.2, 0.25) is 0 Å². The normalized spacial score (nSPS) is 13.1. The Labute approximate surface area is 112 Å². The van der Waals surface area contributed by atoms with Gasteiger partial charge in [0.1, 0.15) is 11.2 Å². The van der Waals surface area contributed by atoms with Crippen LogP contribution >= 0.6 is 11.3 Å². The number of aromatic nitrogens is 3. The van der Waals surface area contributed by atoms with Gasteiger partial charge >= 0.3 is 5.71 Å². The summed E-state index contributed by atoms with van der Waals surface area (Å²) in [5.74, 6) is 0. The van der Waals surface area contributed by atoms with Crippen LogP contribution in [0.5, 0.6) is 0 Å². The van der Waals surface area contributed by atoms with Gasteiger partial charge in [-0.2, -0.15) is 0 Å². The highest BCUT2D eigenvalue weighted by Gasteiger charge is 2.35. The van der Waals surface area contributed by atoms with E-state index in [9.17, 15) is 0 Å². The Morgan fingerprint density at radius 2 is 2.05 bits per heavy atom. The van der Waals surface area contributed by atoms with E-state index in [4.69, 9.17) is 4.42 Å². The maximum Gasteiger partial charge on any atom is 0.395 e. The molecular formula is C14H8N3OS+. The highest BCUT2D eigenvalue weighted by molar-refractivity contribution is 7.22. The first kappa shape index (κ1) is 9.63. The van der Waals surface area contributed by atoms with Crippen molar-refractivity contribution >= 4 is 32.8 Å². The second-order valence-electron chi connectivity index (χ2n) is 4.58. The summed E-state index contributed by atoms with van der Waals surface area (Å²) in [5.41, 5.74) is 5.04. The average Bonchev–Trinajstić information content (AvgIpc) is 3.07. The standard InChI is InChI=1S/C14H8N3OS/c1-3-8-9(15-5-1)7-17-13-12(19-14(8)17)11-10(18-13)4-2-6-16-11/h1-6H,7H2/q+1. The summed E-state index contributed by atoms with van der Waals surface area (Å²) in [5, 5.41) is 1.21. The minimum absolute atomic E-state index is 0.783. The van der Waals surface area contributed by atoms with Crippen LogP contribution in [0.3, 0.4) is 0 Å². The van der Waals surface area contributed by atoms with Crippen LogP contribution in [0.25, 0.3) is 32.1 Å². The molecule has 1 aliphatic rings. The Balaban J connectivity index is 1.93. The van der Waals surface area contributed by atoms with Crippen LogP contribution in [-0.2, 0) is 6.54 Å². The smallest absolute Gasteiger partial charge is 0.395 e. The zero-order valence-corrected chi connectivity index (χ0v) is 10.6. The van der Waals surface area contributed by atoms with Crippen LogP contribution in [0, 0.1) is 0 Å². The molecule has 0 bridgehead atoms. The lowest BCUT2D eigenvalue weighted by Gasteiger charge is -1.88. The Hall–Kier alpha value is -2.27. The van der Waals surface area contributed by atoms with Crippen LogP contribution in [-0.4, -0.2) is 9.97 Å². The van der Waals surface area contributed by atoms with E-state index >= 15 is 0 Å². The van der Waals surface area contributed by atoms with Crippen LogP contribution in [0.1, 0.15) is 5.69 Å². The quantitative estimate of drug-likeness (QED) is 0.405. The molecule has 0 unspecified atom stereocenters. The molecule has 0 spiro atoms. The zero-order chi connectivity index (χ0) is 12.4. The number of nitrogens with zero attached hydrogens (tertiary/aromatic N) is 3. The molecule has 5 heteroatoms. The number of fused-ring (bicyclic) bond motifs is 7. The van der Waals surface area contributed by atoms with Gasteiger partial charge in [-0.15, -0.1) is 4.57 Å². The maximum absolute atomic E-state index is 5.95. The molecule has 1 aliphatic heterocycles. The van der Waals surface area contributed by atoms with Gasteiger partial charge in [0.15, 0.2) is 16.8 Å². The number of thiazole rings is 1. The lowest BCUT2D eigenvalue weighted by Crippen LogP contribution is -2.30. The van der Waals surface area contributed by atoms with Crippen molar-refractivity contribution in [2.24, 2.45) is 0 Å². The molecule has 5 heterocycles. The topological polar surface area (TPSA) is 42.8 Å². The molecule has 0 amide bonds. The second kappa shape index (κ2) is 3.19. The fourth-order valence-corrected chi connectivity index (χ4v) is 3.90. The third-order valence-electron chi connectivity index (χ3n) is 3.50. The lowest BCUT2D eigenvalue weighted by atomic mass is 10.2. The molecule has 4 aromatic rings. The zero-order valence-electron chi connectivity index (χ0n) is 9.83. The van der Waals surface area contributed by atoms with E-state index in [1.807, 2.05) is 30.6 Å². The van der Waals surface area contributed by atoms with Crippen molar-refractivity contribution in [2.75, 3.05) is 0 Å². The highest BCUT2D eigenvalue weighted by atomic mass is 32.1. The van der Waals surface area contributed by atoms with Gasteiger partial charge in [-0.25, -0.2) is 0 Å². The summed E-state index contributed by atoms with van der Waals surface area (Å²) in [6.07, 6.45) is 3.65. The molecule has 4 nitrogen and oxygen atoms in total. The maximum atomic E-state index is 5.95. The summed E-state index contributed by atoms with van der Waals surface area (Å²) in [6.45, 7) is 0.783. The van der Waals surface area contributed by atoms with E-state index < -0.39 is 0 Å². The Morgan fingerprint density at radius 3 is 3.05 bits per heavy atom. The largest absolute Gasteiger partial charge is 0.402 e. The molecule has 0 saturated heterocycles. The van der Waals surface area contributed by atoms with Gasteiger partial charge in [-0.3, -0.25) is 9.97 Å². The number of hydrogen-bond donors (Lipinski definition) is 0. The highest BCUT2D eigenvalue weighted by Crippen LogP contribution is 2.38. The van der Waals surface area contributed by atoms with Gasteiger partial charge in [-0.1, -0.05) is 11.3 Å². The number of furan rings is 1. The SMILES string of the molecule is c1cnc2c(c1)-c1sc3c4ncccc4oc3[n+]1C2. The van der Waals surface area contributed by atoms with Crippen molar-refractivity contribution in [3.63, 3.8) is 0 Å². The molecule has 0 aliphatic carbocycles. The predicted molar refractivity (Wildman–Crippen MR) is 71.9 cm³/mol. The third kappa shape index (κ3) is 1.11. The molecule has 0 radical (unpaired) electrons. The number of hydrogen-bond acceptors (Lipinski definition) is 4. The van der Waals surface area contributed by atoms with Gasteiger partial charge in [0.25, 0.3) is 5.01 Å². The first-order chi connectivity index (χ1) is 9.42. The molecule has 0 atom stereocenters. The number of pyridine rings is 2. The van der Waals surface area contributed by atoms with Gasteiger partial charge in [-0.05, 0) is 24.3 Å². The van der Waals surface area contributed by atoms with E-state index in [1.165, 1.54) is 10.6 Å². The third-order valence-corrected chi connectivity index (χ3v) is 4.71. The first-order valence-electron chi connectivity index (χ1n) is 6.06.